The Bertz CT molecular complexity index is 1230. The number of rotatable bonds is 5. The number of H-pyrrole nitrogens is 1. The van der Waals surface area contributed by atoms with Crippen LogP contribution in [0.3, 0.4) is 0 Å². The maximum Gasteiger partial charge on any atom is 0.203 e. The Balaban J connectivity index is 1.34. The number of fused-ring (bicyclic) bond motifs is 1. The van der Waals surface area contributed by atoms with E-state index in [2.05, 4.69) is 31.8 Å². The number of morpholine rings is 1. The van der Waals surface area contributed by atoms with Crippen molar-refractivity contribution < 1.29 is 13.9 Å². The number of aromatic nitrogens is 2. The van der Waals surface area contributed by atoms with E-state index in [9.17, 15) is 0 Å². The molecular weight excluding hydrogens is 458 g/mol. The summed E-state index contributed by atoms with van der Waals surface area (Å²) < 4.78 is 16.9. The van der Waals surface area contributed by atoms with Gasteiger partial charge in [0, 0.05) is 30.8 Å². The zero-order chi connectivity index (χ0) is 24.5. The Morgan fingerprint density at radius 3 is 2.75 bits per heavy atom. The number of aromatic amines is 1. The summed E-state index contributed by atoms with van der Waals surface area (Å²) in [5.41, 5.74) is 9.80. The average molecular weight is 492 g/mol. The van der Waals surface area contributed by atoms with Crippen molar-refractivity contribution in [3.63, 3.8) is 0 Å². The minimum atomic E-state index is -0.945. The SMILES string of the molecule is COc1cc(N2CCOCC2)ccc1NC1=NC(N)(C2CCCCC2)c2c(n[nH]c2-c2ccco2)N1. The zero-order valence-electron chi connectivity index (χ0n) is 20.5. The van der Waals surface area contributed by atoms with Crippen molar-refractivity contribution in [2.24, 2.45) is 16.6 Å². The maximum atomic E-state index is 7.21. The molecule has 10 nitrogen and oxygen atoms in total. The molecule has 4 heterocycles. The Morgan fingerprint density at radius 2 is 2.00 bits per heavy atom. The summed E-state index contributed by atoms with van der Waals surface area (Å²) in [4.78, 5) is 7.39. The molecule has 3 aliphatic rings. The molecule has 1 unspecified atom stereocenters. The molecule has 1 atom stereocenters. The van der Waals surface area contributed by atoms with Crippen LogP contribution in [0.25, 0.3) is 11.5 Å². The van der Waals surface area contributed by atoms with E-state index in [1.165, 1.54) is 6.42 Å². The second kappa shape index (κ2) is 9.51. The number of hydrogen-bond donors (Lipinski definition) is 4. The molecule has 3 aromatic rings. The lowest BCUT2D eigenvalue weighted by molar-refractivity contribution is 0.122. The lowest BCUT2D eigenvalue weighted by atomic mass is 9.76. The van der Waals surface area contributed by atoms with E-state index in [1.807, 2.05) is 24.3 Å². The highest BCUT2D eigenvalue weighted by atomic mass is 16.5. The summed E-state index contributed by atoms with van der Waals surface area (Å²) in [5.74, 6) is 2.83. The van der Waals surface area contributed by atoms with E-state index in [4.69, 9.17) is 24.6 Å². The van der Waals surface area contributed by atoms with Gasteiger partial charge >= 0.3 is 0 Å². The van der Waals surface area contributed by atoms with Crippen LogP contribution in [0.4, 0.5) is 17.2 Å². The Morgan fingerprint density at radius 1 is 1.17 bits per heavy atom. The lowest BCUT2D eigenvalue weighted by Gasteiger charge is -2.39. The van der Waals surface area contributed by atoms with Gasteiger partial charge in [-0.3, -0.25) is 5.10 Å². The van der Waals surface area contributed by atoms with Crippen LogP contribution in [0, 0.1) is 5.92 Å². The molecule has 190 valence electrons. The highest BCUT2D eigenvalue weighted by molar-refractivity contribution is 6.06. The molecule has 1 aliphatic carbocycles. The van der Waals surface area contributed by atoms with Crippen molar-refractivity contribution in [3.8, 4) is 17.2 Å². The number of benzene rings is 1. The number of ether oxygens (including phenoxy) is 2. The van der Waals surface area contributed by atoms with Gasteiger partial charge in [-0.05, 0) is 37.1 Å². The largest absolute Gasteiger partial charge is 0.494 e. The summed E-state index contributed by atoms with van der Waals surface area (Å²) in [6.45, 7) is 3.19. The van der Waals surface area contributed by atoms with E-state index >= 15 is 0 Å². The minimum absolute atomic E-state index is 0.195. The van der Waals surface area contributed by atoms with Crippen LogP contribution < -0.4 is 26.0 Å². The quantitative estimate of drug-likeness (QED) is 0.420. The molecule has 5 N–H and O–H groups in total. The Hall–Kier alpha value is -3.50. The monoisotopic (exact) mass is 491 g/mol. The van der Waals surface area contributed by atoms with Crippen molar-refractivity contribution in [2.75, 3.05) is 48.9 Å². The van der Waals surface area contributed by atoms with Crippen LogP contribution in [0.1, 0.15) is 37.7 Å². The summed E-state index contributed by atoms with van der Waals surface area (Å²) in [7, 11) is 1.68. The second-order valence-electron chi connectivity index (χ2n) is 9.65. The van der Waals surface area contributed by atoms with Crippen molar-refractivity contribution in [1.82, 2.24) is 10.2 Å². The fourth-order valence-corrected chi connectivity index (χ4v) is 5.63. The first-order valence-electron chi connectivity index (χ1n) is 12.7. The van der Waals surface area contributed by atoms with Crippen LogP contribution in [0.15, 0.2) is 46.0 Å². The fourth-order valence-electron chi connectivity index (χ4n) is 5.63. The van der Waals surface area contributed by atoms with Crippen LogP contribution >= 0.6 is 0 Å². The van der Waals surface area contributed by atoms with Gasteiger partial charge in [0.2, 0.25) is 5.96 Å². The molecule has 1 aromatic carbocycles. The molecule has 0 radical (unpaired) electrons. The number of furan rings is 1. The van der Waals surface area contributed by atoms with Crippen molar-refractivity contribution in [1.29, 1.82) is 0 Å². The number of anilines is 3. The van der Waals surface area contributed by atoms with Gasteiger partial charge in [-0.1, -0.05) is 19.3 Å². The normalized spacial score (nSPS) is 22.5. The van der Waals surface area contributed by atoms with E-state index in [0.29, 0.717) is 17.5 Å². The van der Waals surface area contributed by atoms with E-state index in [0.717, 1.165) is 80.4 Å². The lowest BCUT2D eigenvalue weighted by Crippen LogP contribution is -2.48. The van der Waals surface area contributed by atoms with Crippen molar-refractivity contribution in [2.45, 2.75) is 37.8 Å². The molecule has 1 saturated carbocycles. The van der Waals surface area contributed by atoms with E-state index < -0.39 is 5.66 Å². The minimum Gasteiger partial charge on any atom is -0.494 e. The van der Waals surface area contributed by atoms with E-state index in [-0.39, 0.29) is 5.92 Å². The predicted octanol–water partition coefficient (Wildman–Crippen LogP) is 4.10. The Kier molecular flexibility index (Phi) is 6.06. The molecule has 36 heavy (non-hydrogen) atoms. The van der Waals surface area contributed by atoms with Gasteiger partial charge in [0.1, 0.15) is 17.1 Å². The first kappa shape index (κ1) is 22.9. The molecule has 10 heteroatoms. The topological polar surface area (TPSA) is 126 Å². The molecule has 0 amide bonds. The smallest absolute Gasteiger partial charge is 0.203 e. The standard InChI is InChI=1S/C26H33N7O3/c1-34-21-16-18(33-11-14-35-15-12-33)9-10-19(21)28-25-29-24-22(23(31-32-24)20-8-5-13-36-20)26(27,30-25)17-6-3-2-4-7-17/h5,8-10,13,16-17H,2-4,6-7,11-12,14-15,27H2,1H3,(H3,28,29,30,31,32). The molecule has 2 aromatic heterocycles. The van der Waals surface area contributed by atoms with Gasteiger partial charge < -0.3 is 35.2 Å². The summed E-state index contributed by atoms with van der Waals surface area (Å²) in [5, 5.41) is 14.5. The number of hydrogen-bond acceptors (Lipinski definition) is 9. The summed E-state index contributed by atoms with van der Waals surface area (Å²) >= 11 is 0. The highest BCUT2D eigenvalue weighted by Gasteiger charge is 2.45. The molecule has 2 aliphatic heterocycles. The molecule has 0 spiro atoms. The molecule has 6 rings (SSSR count). The van der Waals surface area contributed by atoms with E-state index in [1.54, 1.807) is 13.4 Å². The van der Waals surface area contributed by atoms with Crippen LogP contribution in [-0.4, -0.2) is 49.6 Å². The van der Waals surface area contributed by atoms with Gasteiger partial charge in [0.05, 0.1) is 37.8 Å². The van der Waals surface area contributed by atoms with Gasteiger partial charge in [0.25, 0.3) is 0 Å². The number of guanidine groups is 1. The van der Waals surface area contributed by atoms with Gasteiger partial charge in [0.15, 0.2) is 11.6 Å². The molecule has 1 saturated heterocycles. The van der Waals surface area contributed by atoms with Gasteiger partial charge in [-0.25, -0.2) is 4.99 Å². The third-order valence-electron chi connectivity index (χ3n) is 7.51. The third-order valence-corrected chi connectivity index (χ3v) is 7.51. The number of nitrogens with one attached hydrogen (secondary N) is 3. The van der Waals surface area contributed by atoms with Crippen molar-refractivity contribution in [3.05, 3.63) is 42.2 Å². The first-order chi connectivity index (χ1) is 17.7. The highest BCUT2D eigenvalue weighted by Crippen LogP contribution is 2.46. The second-order valence-corrected chi connectivity index (χ2v) is 9.65. The van der Waals surface area contributed by atoms with Gasteiger partial charge in [-0.15, -0.1) is 0 Å². The van der Waals surface area contributed by atoms with Crippen LogP contribution in [-0.2, 0) is 10.4 Å². The summed E-state index contributed by atoms with van der Waals surface area (Å²) in [6.07, 6.45) is 7.22. The fraction of sp³-hybridized carbons (Fsp3) is 0.462. The number of nitrogens with two attached hydrogens (primary N) is 1. The summed E-state index contributed by atoms with van der Waals surface area (Å²) in [6, 6.07) is 9.92. The zero-order valence-corrected chi connectivity index (χ0v) is 20.5. The molecular formula is C26H33N7O3. The van der Waals surface area contributed by atoms with Crippen molar-refractivity contribution >= 4 is 23.2 Å². The molecule has 0 bridgehead atoms. The third kappa shape index (κ3) is 4.10. The van der Waals surface area contributed by atoms with Gasteiger partial charge in [-0.2, -0.15) is 5.10 Å². The number of methoxy groups -OCH3 is 1. The maximum absolute atomic E-state index is 7.21. The number of nitrogens with zero attached hydrogens (tertiary/aromatic N) is 3. The first-order valence-corrected chi connectivity index (χ1v) is 12.7. The van der Waals surface area contributed by atoms with Crippen LogP contribution in [0.2, 0.25) is 0 Å². The Labute approximate surface area is 210 Å². The average Bonchev–Trinajstić information content (AvgIpc) is 3.61. The predicted molar refractivity (Wildman–Crippen MR) is 139 cm³/mol. The number of aliphatic imine (C=N–C) groups is 1. The molecule has 2 fully saturated rings. The van der Waals surface area contributed by atoms with Crippen LogP contribution in [0.5, 0.6) is 5.75 Å².